The normalized spacial score (nSPS) is 22.6. The number of rotatable bonds is 4. The molecule has 1 saturated heterocycles. The number of nitro groups is 1. The highest BCUT2D eigenvalue weighted by Gasteiger charge is 2.59. The predicted molar refractivity (Wildman–Crippen MR) is 130 cm³/mol. The third-order valence-corrected chi connectivity index (χ3v) is 6.92. The molecule has 4 aromatic rings. The van der Waals surface area contributed by atoms with Crippen LogP contribution in [0.15, 0.2) is 78.9 Å². The topological polar surface area (TPSA) is 103 Å². The molecule has 2 aliphatic heterocycles. The summed E-state index contributed by atoms with van der Waals surface area (Å²) >= 11 is 0. The van der Waals surface area contributed by atoms with Crippen molar-refractivity contribution in [3.8, 4) is 5.75 Å². The number of anilines is 1. The summed E-state index contributed by atoms with van der Waals surface area (Å²) in [5.41, 5.74) is 3.53. The number of ether oxygens (including phenoxy) is 1. The van der Waals surface area contributed by atoms with Crippen molar-refractivity contribution in [2.75, 3.05) is 12.0 Å². The Kier molecular flexibility index (Phi) is 4.84. The van der Waals surface area contributed by atoms with E-state index in [1.807, 2.05) is 53.5 Å². The van der Waals surface area contributed by atoms with Gasteiger partial charge in [0.1, 0.15) is 23.3 Å². The maximum absolute atomic E-state index is 14.2. The van der Waals surface area contributed by atoms with E-state index in [0.717, 1.165) is 11.3 Å². The molecule has 1 fully saturated rings. The van der Waals surface area contributed by atoms with E-state index < -0.39 is 24.0 Å². The largest absolute Gasteiger partial charge is 0.497 e. The van der Waals surface area contributed by atoms with Crippen LogP contribution in [0.3, 0.4) is 0 Å². The molecule has 2 aliphatic rings. The van der Waals surface area contributed by atoms with Crippen molar-refractivity contribution < 1.29 is 14.5 Å². The molecule has 1 aromatic heterocycles. The molecule has 4 atom stereocenters. The van der Waals surface area contributed by atoms with E-state index in [1.54, 1.807) is 43.5 Å². The number of hydrogen-bond acceptors (Lipinski definition) is 7. The number of fused-ring (bicyclic) bond motifs is 4. The first-order valence-corrected chi connectivity index (χ1v) is 11.3. The van der Waals surface area contributed by atoms with Crippen LogP contribution in [0.5, 0.6) is 5.75 Å². The number of aromatic nitrogens is 3. The van der Waals surface area contributed by atoms with Crippen molar-refractivity contribution in [3.63, 3.8) is 0 Å². The fourth-order valence-electron chi connectivity index (χ4n) is 5.40. The molecule has 0 saturated carbocycles. The van der Waals surface area contributed by atoms with Crippen LogP contribution >= 0.6 is 0 Å². The van der Waals surface area contributed by atoms with Gasteiger partial charge >= 0.3 is 0 Å². The molecule has 35 heavy (non-hydrogen) atoms. The summed E-state index contributed by atoms with van der Waals surface area (Å²) < 4.78 is 6.56. The van der Waals surface area contributed by atoms with Gasteiger partial charge in [-0.3, -0.25) is 14.9 Å². The minimum Gasteiger partial charge on any atom is -0.497 e. The Hall–Kier alpha value is -4.53. The van der Waals surface area contributed by atoms with Crippen molar-refractivity contribution in [3.05, 3.63) is 100 Å². The van der Waals surface area contributed by atoms with Crippen molar-refractivity contribution >= 4 is 28.7 Å². The molecule has 9 heteroatoms. The van der Waals surface area contributed by atoms with Crippen LogP contribution in [-0.2, 0) is 0 Å². The van der Waals surface area contributed by atoms with Crippen LogP contribution in [0.4, 0.5) is 5.69 Å². The number of methoxy groups -OCH3 is 1. The second kappa shape index (κ2) is 8.05. The first-order chi connectivity index (χ1) is 17.1. The Balaban J connectivity index is 1.57. The summed E-state index contributed by atoms with van der Waals surface area (Å²) in [6, 6.07) is 19.4. The lowest BCUT2D eigenvalue weighted by molar-refractivity contribution is -0.524. The quantitative estimate of drug-likeness (QED) is 0.332. The second-order valence-electron chi connectivity index (χ2n) is 8.66. The molecule has 0 unspecified atom stereocenters. The molecular weight excluding hydrogens is 446 g/mol. The third-order valence-electron chi connectivity index (χ3n) is 6.92. The lowest BCUT2D eigenvalue weighted by Gasteiger charge is -2.33. The van der Waals surface area contributed by atoms with E-state index in [1.165, 1.54) is 4.68 Å². The van der Waals surface area contributed by atoms with Gasteiger partial charge in [-0.05, 0) is 41.5 Å². The maximum Gasteiger partial charge on any atom is 0.272 e. The monoisotopic (exact) mass is 467 g/mol. The van der Waals surface area contributed by atoms with Gasteiger partial charge in [-0.2, -0.15) is 4.68 Å². The van der Waals surface area contributed by atoms with Gasteiger partial charge in [0.05, 0.1) is 18.5 Å². The van der Waals surface area contributed by atoms with Crippen molar-refractivity contribution in [2.24, 2.45) is 0 Å². The first kappa shape index (κ1) is 21.0. The molecule has 6 rings (SSSR count). The summed E-state index contributed by atoms with van der Waals surface area (Å²) in [5.74, 6) is -0.455. The van der Waals surface area contributed by atoms with Gasteiger partial charge < -0.3 is 9.64 Å². The zero-order valence-electron chi connectivity index (χ0n) is 18.8. The lowest BCUT2D eigenvalue weighted by Crippen LogP contribution is -2.46. The van der Waals surface area contributed by atoms with Gasteiger partial charge in [-0.15, -0.1) is 5.10 Å². The number of hydrogen-bond donors (Lipinski definition) is 0. The van der Waals surface area contributed by atoms with Crippen LogP contribution in [0.1, 0.15) is 21.8 Å². The molecule has 0 N–H and O–H groups in total. The molecule has 0 aliphatic carbocycles. The predicted octanol–water partition coefficient (Wildman–Crippen LogP) is 3.79. The molecule has 9 nitrogen and oxygen atoms in total. The van der Waals surface area contributed by atoms with E-state index >= 15 is 0 Å². The number of benzene rings is 3. The molecule has 3 heterocycles. The molecule has 3 aromatic carbocycles. The highest BCUT2D eigenvalue weighted by atomic mass is 16.6. The van der Waals surface area contributed by atoms with Crippen LogP contribution in [-0.4, -0.2) is 51.1 Å². The van der Waals surface area contributed by atoms with Crippen LogP contribution in [0.2, 0.25) is 0 Å². The Bertz CT molecular complexity index is 1480. The summed E-state index contributed by atoms with van der Waals surface area (Å²) in [5, 5.41) is 20.8. The summed E-state index contributed by atoms with van der Waals surface area (Å²) in [6.07, 6.45) is 3.73. The number of carbonyl (C=O) groups excluding carboxylic acids is 1. The number of nitrogens with zero attached hydrogens (tertiary/aromatic N) is 5. The van der Waals surface area contributed by atoms with Crippen LogP contribution in [0, 0.1) is 10.1 Å². The van der Waals surface area contributed by atoms with Gasteiger partial charge in [0, 0.05) is 10.6 Å². The van der Waals surface area contributed by atoms with Gasteiger partial charge in [0.2, 0.25) is 6.04 Å². The molecule has 174 valence electrons. The van der Waals surface area contributed by atoms with Crippen LogP contribution in [0.25, 0.3) is 17.1 Å². The molecule has 0 bridgehead atoms. The van der Waals surface area contributed by atoms with Crippen molar-refractivity contribution in [1.82, 2.24) is 15.0 Å². The lowest BCUT2D eigenvalue weighted by atomic mass is 9.86. The highest BCUT2D eigenvalue weighted by Crippen LogP contribution is 2.46. The third kappa shape index (κ3) is 3.19. The standard InChI is InChI=1S/C26H21N5O4/c1-35-18-13-10-17(11-14-18)23-24(31(33)34)22-15-12-16-6-2-4-8-20(16)29(22)25(23)26(32)30-21-9-5-3-7-19(21)27-28-30/h2-15,22-25H,1H3/t22-,23-,24-,25-/m0/s1. The second-order valence-corrected chi connectivity index (χ2v) is 8.66. The van der Waals surface area contributed by atoms with Crippen molar-refractivity contribution in [2.45, 2.75) is 24.0 Å². The number of para-hydroxylation sites is 2. The smallest absolute Gasteiger partial charge is 0.272 e. The first-order valence-electron chi connectivity index (χ1n) is 11.3. The van der Waals surface area contributed by atoms with Gasteiger partial charge in [-0.25, -0.2) is 0 Å². The zero-order chi connectivity index (χ0) is 24.1. The Morgan fingerprint density at radius 3 is 2.54 bits per heavy atom. The van der Waals surface area contributed by atoms with Gasteiger partial charge in [0.25, 0.3) is 5.91 Å². The summed E-state index contributed by atoms with van der Waals surface area (Å²) in [6.45, 7) is 0. The van der Waals surface area contributed by atoms with Gasteiger partial charge in [-0.1, -0.05) is 59.8 Å². The minimum atomic E-state index is -1.04. The summed E-state index contributed by atoms with van der Waals surface area (Å²) in [7, 11) is 1.56. The molecular formula is C26H21N5O4. The Morgan fingerprint density at radius 1 is 1.03 bits per heavy atom. The van der Waals surface area contributed by atoms with E-state index in [4.69, 9.17) is 4.74 Å². The number of carbonyl (C=O) groups is 1. The average Bonchev–Trinajstić information content (AvgIpc) is 3.48. The molecule has 0 spiro atoms. The van der Waals surface area contributed by atoms with Crippen LogP contribution < -0.4 is 9.64 Å². The van der Waals surface area contributed by atoms with Crippen molar-refractivity contribution in [1.29, 1.82) is 0 Å². The maximum atomic E-state index is 14.2. The minimum absolute atomic E-state index is 0.266. The highest BCUT2D eigenvalue weighted by molar-refractivity contribution is 5.96. The molecule has 0 radical (unpaired) electrons. The summed E-state index contributed by atoms with van der Waals surface area (Å²) in [4.78, 5) is 28.3. The Morgan fingerprint density at radius 2 is 1.77 bits per heavy atom. The fraction of sp³-hybridized carbons (Fsp3) is 0.192. The SMILES string of the molecule is COc1ccc([C@H]2[C@@H]([N+](=O)[O-])[C@@H]3C=Cc4ccccc4N3[C@@H]2C(=O)n2nnc3ccccc32)cc1. The Labute approximate surface area is 200 Å². The molecule has 0 amide bonds. The van der Waals surface area contributed by atoms with E-state index in [0.29, 0.717) is 22.3 Å². The van der Waals surface area contributed by atoms with E-state index in [2.05, 4.69) is 10.3 Å². The van der Waals surface area contributed by atoms with E-state index in [9.17, 15) is 14.9 Å². The fourth-order valence-corrected chi connectivity index (χ4v) is 5.40. The van der Waals surface area contributed by atoms with Gasteiger partial charge in [0.15, 0.2) is 0 Å². The van der Waals surface area contributed by atoms with E-state index in [-0.39, 0.29) is 10.8 Å². The average molecular weight is 467 g/mol. The zero-order valence-corrected chi connectivity index (χ0v) is 18.8.